The van der Waals surface area contributed by atoms with E-state index in [-0.39, 0.29) is 11.2 Å². The van der Waals surface area contributed by atoms with E-state index in [0.29, 0.717) is 12.2 Å². The van der Waals surface area contributed by atoms with Crippen LogP contribution in [0.2, 0.25) is 0 Å². The standard InChI is InChI=1S/C11H18N4O2S/c1-9-5-7-13-11(14-9)18(16,17)15(2)10-4-3-6-12-8-10/h5,7,10,12H,3-4,6,8H2,1-2H3/t10-/m1/s1. The zero-order valence-electron chi connectivity index (χ0n) is 10.6. The molecule has 1 fully saturated rings. The van der Waals surface area contributed by atoms with Crippen LogP contribution in [0.15, 0.2) is 17.4 Å². The molecule has 0 aromatic carbocycles. The van der Waals surface area contributed by atoms with E-state index < -0.39 is 10.0 Å². The Labute approximate surface area is 107 Å². The van der Waals surface area contributed by atoms with E-state index in [0.717, 1.165) is 19.4 Å². The van der Waals surface area contributed by atoms with Crippen LogP contribution < -0.4 is 5.32 Å². The first-order valence-electron chi connectivity index (χ1n) is 6.00. The molecule has 2 rings (SSSR count). The van der Waals surface area contributed by atoms with E-state index >= 15 is 0 Å². The van der Waals surface area contributed by atoms with Crippen molar-refractivity contribution in [1.82, 2.24) is 19.6 Å². The van der Waals surface area contributed by atoms with Crippen molar-refractivity contribution < 1.29 is 8.42 Å². The van der Waals surface area contributed by atoms with Gasteiger partial charge in [0.05, 0.1) is 0 Å². The molecule has 1 atom stereocenters. The highest BCUT2D eigenvalue weighted by molar-refractivity contribution is 7.88. The zero-order chi connectivity index (χ0) is 13.2. The zero-order valence-corrected chi connectivity index (χ0v) is 11.4. The van der Waals surface area contributed by atoms with E-state index in [1.54, 1.807) is 20.0 Å². The quantitative estimate of drug-likeness (QED) is 0.792. The first kappa shape index (κ1) is 13.4. The van der Waals surface area contributed by atoms with E-state index in [4.69, 9.17) is 0 Å². The van der Waals surface area contributed by atoms with Gasteiger partial charge in [-0.1, -0.05) is 0 Å². The summed E-state index contributed by atoms with van der Waals surface area (Å²) in [4.78, 5) is 7.87. The first-order valence-corrected chi connectivity index (χ1v) is 7.44. The monoisotopic (exact) mass is 270 g/mol. The fourth-order valence-electron chi connectivity index (χ4n) is 2.02. The van der Waals surface area contributed by atoms with Crippen molar-refractivity contribution in [3.8, 4) is 0 Å². The number of nitrogens with one attached hydrogen (secondary N) is 1. The Morgan fingerprint density at radius 3 is 2.89 bits per heavy atom. The van der Waals surface area contributed by atoms with Crippen LogP contribution in [0.5, 0.6) is 0 Å². The van der Waals surface area contributed by atoms with Gasteiger partial charge >= 0.3 is 0 Å². The van der Waals surface area contributed by atoms with Crippen molar-refractivity contribution in [2.24, 2.45) is 0 Å². The van der Waals surface area contributed by atoms with Crippen molar-refractivity contribution in [1.29, 1.82) is 0 Å². The summed E-state index contributed by atoms with van der Waals surface area (Å²) in [5.41, 5.74) is 0.652. The molecule has 1 aliphatic heterocycles. The maximum absolute atomic E-state index is 12.4. The molecule has 18 heavy (non-hydrogen) atoms. The third kappa shape index (κ3) is 2.68. The third-order valence-corrected chi connectivity index (χ3v) is 4.88. The molecule has 2 heterocycles. The number of aryl methyl sites for hydroxylation is 1. The van der Waals surface area contributed by atoms with E-state index in [1.807, 2.05) is 0 Å². The van der Waals surface area contributed by atoms with E-state index in [2.05, 4.69) is 15.3 Å². The Balaban J connectivity index is 2.24. The molecule has 1 N–H and O–H groups in total. The SMILES string of the molecule is Cc1ccnc(S(=O)(=O)N(C)[C@@H]2CCCNC2)n1. The molecular formula is C11H18N4O2S. The normalized spacial score (nSPS) is 21.2. The van der Waals surface area contributed by atoms with Gasteiger partial charge in [-0.15, -0.1) is 0 Å². The molecule has 0 bridgehead atoms. The van der Waals surface area contributed by atoms with Crippen LogP contribution in [0.25, 0.3) is 0 Å². The molecule has 0 radical (unpaired) electrons. The number of hydrogen-bond donors (Lipinski definition) is 1. The molecule has 1 aliphatic rings. The fourth-order valence-corrected chi connectivity index (χ4v) is 3.30. The van der Waals surface area contributed by atoms with Crippen molar-refractivity contribution in [3.05, 3.63) is 18.0 Å². The summed E-state index contributed by atoms with van der Waals surface area (Å²) in [6.45, 7) is 3.38. The van der Waals surface area contributed by atoms with Crippen LogP contribution in [0.3, 0.4) is 0 Å². The second kappa shape index (κ2) is 5.29. The minimum absolute atomic E-state index is 0.0205. The predicted molar refractivity (Wildman–Crippen MR) is 67.6 cm³/mol. The smallest absolute Gasteiger partial charge is 0.278 e. The van der Waals surface area contributed by atoms with Crippen molar-refractivity contribution >= 4 is 10.0 Å². The van der Waals surface area contributed by atoms with Gasteiger partial charge < -0.3 is 5.32 Å². The molecule has 0 aliphatic carbocycles. The van der Waals surface area contributed by atoms with Crippen molar-refractivity contribution in [3.63, 3.8) is 0 Å². The second-order valence-electron chi connectivity index (χ2n) is 4.50. The summed E-state index contributed by atoms with van der Waals surface area (Å²) >= 11 is 0. The maximum atomic E-state index is 12.4. The number of sulfonamides is 1. The molecule has 0 amide bonds. The highest BCUT2D eigenvalue weighted by atomic mass is 32.2. The Morgan fingerprint density at radius 2 is 2.28 bits per heavy atom. The molecule has 0 saturated carbocycles. The van der Waals surface area contributed by atoms with Gasteiger partial charge in [0, 0.05) is 31.5 Å². The number of rotatable bonds is 3. The van der Waals surface area contributed by atoms with Gasteiger partial charge in [0.15, 0.2) is 0 Å². The van der Waals surface area contributed by atoms with Crippen molar-refractivity contribution in [2.75, 3.05) is 20.1 Å². The number of likely N-dealkylation sites (N-methyl/N-ethyl adjacent to an activating group) is 1. The summed E-state index contributed by atoms with van der Waals surface area (Å²) in [5, 5.41) is 3.09. The van der Waals surface area contributed by atoms with Gasteiger partial charge in [-0.3, -0.25) is 0 Å². The lowest BCUT2D eigenvalue weighted by Gasteiger charge is -2.30. The van der Waals surface area contributed by atoms with E-state index in [9.17, 15) is 8.42 Å². The Bertz CT molecular complexity index is 512. The summed E-state index contributed by atoms with van der Waals surface area (Å²) in [6.07, 6.45) is 3.33. The van der Waals surface area contributed by atoms with E-state index in [1.165, 1.54) is 10.5 Å². The van der Waals surface area contributed by atoms with Gasteiger partial charge in [0.1, 0.15) is 0 Å². The maximum Gasteiger partial charge on any atom is 0.278 e. The molecular weight excluding hydrogens is 252 g/mol. The van der Waals surface area contributed by atoms with Gasteiger partial charge in [0.25, 0.3) is 15.2 Å². The number of hydrogen-bond acceptors (Lipinski definition) is 5. The Morgan fingerprint density at radius 1 is 1.50 bits per heavy atom. The van der Waals surface area contributed by atoms with Gasteiger partial charge in [-0.05, 0) is 32.4 Å². The number of aromatic nitrogens is 2. The summed E-state index contributed by atoms with van der Waals surface area (Å²) in [7, 11) is -1.99. The third-order valence-electron chi connectivity index (χ3n) is 3.17. The van der Waals surface area contributed by atoms with Gasteiger partial charge in [0.2, 0.25) is 0 Å². The second-order valence-corrected chi connectivity index (χ2v) is 6.39. The molecule has 1 aromatic heterocycles. The largest absolute Gasteiger partial charge is 0.315 e. The number of piperidine rings is 1. The summed E-state index contributed by atoms with van der Waals surface area (Å²) in [6, 6.07) is 1.66. The van der Waals surface area contributed by atoms with Crippen LogP contribution in [0, 0.1) is 6.92 Å². The lowest BCUT2D eigenvalue weighted by Crippen LogP contribution is -2.46. The molecule has 0 spiro atoms. The van der Waals surface area contributed by atoms with Crippen LogP contribution in [-0.2, 0) is 10.0 Å². The molecule has 1 saturated heterocycles. The minimum Gasteiger partial charge on any atom is -0.315 e. The predicted octanol–water partition coefficient (Wildman–Crippen LogP) is 0.158. The van der Waals surface area contributed by atoms with Crippen LogP contribution in [0.4, 0.5) is 0 Å². The van der Waals surface area contributed by atoms with Gasteiger partial charge in [-0.2, -0.15) is 4.31 Å². The van der Waals surface area contributed by atoms with Gasteiger partial charge in [-0.25, -0.2) is 18.4 Å². The average Bonchev–Trinajstić information content (AvgIpc) is 2.39. The molecule has 0 unspecified atom stereocenters. The van der Waals surface area contributed by atoms with Crippen molar-refractivity contribution in [2.45, 2.75) is 31.0 Å². The summed E-state index contributed by atoms with van der Waals surface area (Å²) < 4.78 is 26.1. The van der Waals surface area contributed by atoms with Crippen LogP contribution in [-0.4, -0.2) is 48.9 Å². The molecule has 7 heteroatoms. The molecule has 1 aromatic rings. The topological polar surface area (TPSA) is 75.2 Å². The average molecular weight is 270 g/mol. The Kier molecular flexibility index (Phi) is 3.94. The lowest BCUT2D eigenvalue weighted by molar-refractivity contribution is 0.298. The highest BCUT2D eigenvalue weighted by Crippen LogP contribution is 2.16. The molecule has 100 valence electrons. The number of nitrogens with zero attached hydrogens (tertiary/aromatic N) is 3. The minimum atomic E-state index is -3.59. The Hall–Kier alpha value is -1.05. The molecule has 6 nitrogen and oxygen atoms in total. The van der Waals surface area contributed by atoms with Crippen LogP contribution >= 0.6 is 0 Å². The first-order chi connectivity index (χ1) is 8.51. The lowest BCUT2D eigenvalue weighted by atomic mass is 10.1. The van der Waals surface area contributed by atoms with Crippen LogP contribution in [0.1, 0.15) is 18.5 Å². The fraction of sp³-hybridized carbons (Fsp3) is 0.636. The highest BCUT2D eigenvalue weighted by Gasteiger charge is 2.31. The summed E-state index contributed by atoms with van der Waals surface area (Å²) in [5.74, 6) is 0.